The molecule has 0 fully saturated rings. The Bertz CT molecular complexity index is 1360. The molecule has 5 nitrogen and oxygen atoms in total. The first kappa shape index (κ1) is 37.4. The monoisotopic (exact) mass is 631 g/mol. The molecule has 0 saturated carbocycles. The van der Waals surface area contributed by atoms with Crippen LogP contribution in [-0.2, 0) is 25.2 Å². The van der Waals surface area contributed by atoms with Crippen LogP contribution in [0.3, 0.4) is 0 Å². The summed E-state index contributed by atoms with van der Waals surface area (Å²) in [5.41, 5.74) is 9.43. The summed E-state index contributed by atoms with van der Waals surface area (Å²) in [7, 11) is 0. The predicted octanol–water partition coefficient (Wildman–Crippen LogP) is 8.62. The third-order valence-corrected chi connectivity index (χ3v) is 6.31. The minimum absolute atomic E-state index is 0.0970. The summed E-state index contributed by atoms with van der Waals surface area (Å²) in [6.45, 7) is 7.11. The number of hydrogen-bond donors (Lipinski definition) is 2. The van der Waals surface area contributed by atoms with E-state index in [0.717, 1.165) is 37.8 Å². The van der Waals surface area contributed by atoms with Gasteiger partial charge in [0.25, 0.3) is 11.1 Å². The number of amides is 1. The summed E-state index contributed by atoms with van der Waals surface area (Å²) in [6, 6.07) is 4.39. The molecule has 2 rings (SSSR count). The number of halogens is 7. The van der Waals surface area contributed by atoms with E-state index in [9.17, 15) is 35.9 Å². The molecule has 43 heavy (non-hydrogen) atoms. The van der Waals surface area contributed by atoms with Crippen molar-refractivity contribution in [1.82, 2.24) is 0 Å². The quantitative estimate of drug-likeness (QED) is 0.0902. The maximum Gasteiger partial charge on any atom is 0.416 e. The number of nitrogens with zero attached hydrogens (tertiary/aromatic N) is 1. The van der Waals surface area contributed by atoms with Crippen LogP contribution in [0.15, 0.2) is 53.6 Å². The topological polar surface area (TPSA) is 98.5 Å². The predicted molar refractivity (Wildman–Crippen MR) is 158 cm³/mol. The number of nitrogens with two attached hydrogens (primary N) is 2. The van der Waals surface area contributed by atoms with Crippen LogP contribution in [0.25, 0.3) is 0 Å². The van der Waals surface area contributed by atoms with Gasteiger partial charge < -0.3 is 11.5 Å². The number of benzene rings is 2. The summed E-state index contributed by atoms with van der Waals surface area (Å²) >= 11 is 5.31. The first-order chi connectivity index (χ1) is 19.9. The molecule has 236 valence electrons. The highest BCUT2D eigenvalue weighted by Crippen LogP contribution is 2.35. The van der Waals surface area contributed by atoms with Crippen molar-refractivity contribution in [3.63, 3.8) is 0 Å². The Morgan fingerprint density at radius 1 is 0.744 bits per heavy atom. The van der Waals surface area contributed by atoms with Crippen molar-refractivity contribution >= 4 is 28.7 Å². The van der Waals surface area contributed by atoms with Crippen LogP contribution < -0.4 is 11.5 Å². The molecular formula is C31H36ClF6N3O2. The molecule has 2 aromatic carbocycles. The number of rotatable bonds is 10. The highest BCUT2D eigenvalue weighted by molar-refractivity contribution is 6.67. The second-order valence-corrected chi connectivity index (χ2v) is 10.0. The van der Waals surface area contributed by atoms with Gasteiger partial charge in [0, 0.05) is 11.1 Å². The van der Waals surface area contributed by atoms with Crippen LogP contribution in [0, 0.1) is 13.8 Å². The van der Waals surface area contributed by atoms with E-state index in [1.165, 1.54) is 12.1 Å². The Morgan fingerprint density at radius 3 is 1.49 bits per heavy atom. The zero-order valence-electron chi connectivity index (χ0n) is 24.4. The summed E-state index contributed by atoms with van der Waals surface area (Å²) in [5.74, 6) is -1.38. The van der Waals surface area contributed by atoms with Crippen molar-refractivity contribution in [2.75, 3.05) is 0 Å². The molecule has 0 unspecified atom stereocenters. The number of aliphatic imine (C=N–C) groups is 1. The van der Waals surface area contributed by atoms with Gasteiger partial charge in [-0.05, 0) is 85.5 Å². The zero-order valence-corrected chi connectivity index (χ0v) is 25.2. The number of allylic oxidation sites excluding steroid dienone is 4. The van der Waals surface area contributed by atoms with E-state index in [1.54, 1.807) is 26.0 Å². The molecule has 0 aliphatic carbocycles. The van der Waals surface area contributed by atoms with Crippen LogP contribution in [-0.4, -0.2) is 17.1 Å². The van der Waals surface area contributed by atoms with Crippen LogP contribution in [0.4, 0.5) is 26.3 Å². The van der Waals surface area contributed by atoms with Crippen molar-refractivity contribution < 1.29 is 35.9 Å². The first-order valence-electron chi connectivity index (χ1n) is 13.5. The normalized spacial score (nSPS) is 11.9. The second-order valence-electron chi connectivity index (χ2n) is 9.69. The van der Waals surface area contributed by atoms with Crippen molar-refractivity contribution in [2.24, 2.45) is 16.5 Å². The van der Waals surface area contributed by atoms with Gasteiger partial charge in [-0.1, -0.05) is 63.1 Å². The van der Waals surface area contributed by atoms with Gasteiger partial charge in [-0.3, -0.25) is 9.59 Å². The molecule has 0 aromatic heterocycles. The van der Waals surface area contributed by atoms with Crippen molar-refractivity contribution in [2.45, 2.75) is 78.6 Å². The molecule has 0 heterocycles. The molecule has 0 aliphatic rings. The van der Waals surface area contributed by atoms with E-state index in [-0.39, 0.29) is 35.1 Å². The lowest BCUT2D eigenvalue weighted by Gasteiger charge is -2.15. The van der Waals surface area contributed by atoms with Crippen molar-refractivity contribution in [1.29, 1.82) is 0 Å². The van der Waals surface area contributed by atoms with Gasteiger partial charge in [-0.2, -0.15) is 31.3 Å². The lowest BCUT2D eigenvalue weighted by atomic mass is 9.96. The molecule has 0 saturated heterocycles. The van der Waals surface area contributed by atoms with Gasteiger partial charge in [0.05, 0.1) is 11.1 Å². The fourth-order valence-corrected chi connectivity index (χ4v) is 4.21. The smallest absolute Gasteiger partial charge is 0.370 e. The van der Waals surface area contributed by atoms with E-state index >= 15 is 0 Å². The van der Waals surface area contributed by atoms with Crippen molar-refractivity contribution in [3.8, 4) is 0 Å². The summed E-state index contributed by atoms with van der Waals surface area (Å²) in [6.07, 6.45) is 1.90. The SMILES string of the molecule is CCCC=CCc1cc(C)c(C(=O)Cl)cc1C(F)(F)F.CCCC=CCc1cc(C)c(C(=O)N=C(N)N)cc1C(F)(F)F. The second kappa shape index (κ2) is 16.9. The minimum atomic E-state index is -4.56. The Hall–Kier alpha value is -3.60. The number of carbonyl (C=O) groups excluding carboxylic acids is 2. The zero-order chi connectivity index (χ0) is 33.0. The Labute approximate surface area is 252 Å². The third-order valence-electron chi connectivity index (χ3n) is 6.10. The minimum Gasteiger partial charge on any atom is -0.370 e. The van der Waals surface area contributed by atoms with Crippen LogP contribution >= 0.6 is 11.6 Å². The lowest BCUT2D eigenvalue weighted by Crippen LogP contribution is -2.24. The standard InChI is InChI=1S/C16H20F3N3O.C15H16ClF3O/c1-3-4-5-6-7-11-8-10(2)12(14(23)22-15(20)21)9-13(11)16(17,18)19;1-3-4-5-6-7-11-8-10(2)12(14(16)20)9-13(11)15(17,18)19/h5-6,8-9H,3-4,7H2,1-2H3,(H4,20,21,22,23);5-6,8-9H,3-4,7H2,1-2H3. The van der Waals surface area contributed by atoms with E-state index in [4.69, 9.17) is 23.1 Å². The molecule has 0 radical (unpaired) electrons. The molecule has 0 bridgehead atoms. The van der Waals surface area contributed by atoms with Gasteiger partial charge >= 0.3 is 12.4 Å². The highest BCUT2D eigenvalue weighted by atomic mass is 35.5. The molecule has 12 heteroatoms. The average molecular weight is 632 g/mol. The Morgan fingerprint density at radius 2 is 1.14 bits per heavy atom. The largest absolute Gasteiger partial charge is 0.416 e. The number of aryl methyl sites for hydroxylation is 2. The molecule has 0 atom stereocenters. The maximum atomic E-state index is 13.2. The maximum absolute atomic E-state index is 13.2. The molecule has 0 aliphatic heterocycles. The highest BCUT2D eigenvalue weighted by Gasteiger charge is 2.35. The number of carbonyl (C=O) groups is 2. The number of alkyl halides is 6. The van der Waals surface area contributed by atoms with Gasteiger partial charge in [-0.25, -0.2) is 0 Å². The van der Waals surface area contributed by atoms with E-state index in [2.05, 4.69) is 4.99 Å². The fraction of sp³-hybridized carbons (Fsp3) is 0.387. The van der Waals surface area contributed by atoms with Gasteiger partial charge in [0.15, 0.2) is 5.96 Å². The fourth-order valence-electron chi connectivity index (χ4n) is 4.01. The molecule has 2 aromatic rings. The van der Waals surface area contributed by atoms with Crippen LogP contribution in [0.2, 0.25) is 0 Å². The molecule has 1 amide bonds. The lowest BCUT2D eigenvalue weighted by molar-refractivity contribution is -0.139. The number of unbranched alkanes of at least 4 members (excludes halogenated alkanes) is 2. The van der Waals surface area contributed by atoms with Gasteiger partial charge in [0.1, 0.15) is 0 Å². The number of guanidine groups is 1. The first-order valence-corrected chi connectivity index (χ1v) is 13.9. The van der Waals surface area contributed by atoms with Crippen molar-refractivity contribution in [3.05, 3.63) is 93.1 Å². The third kappa shape index (κ3) is 12.3. The summed E-state index contributed by atoms with van der Waals surface area (Å²) in [4.78, 5) is 26.3. The molecular weight excluding hydrogens is 596 g/mol. The van der Waals surface area contributed by atoms with Crippen LogP contribution in [0.5, 0.6) is 0 Å². The Kier molecular flexibility index (Phi) is 14.7. The molecule has 4 N–H and O–H groups in total. The Balaban J connectivity index is 0.000000434. The van der Waals surface area contributed by atoms with E-state index < -0.39 is 40.6 Å². The van der Waals surface area contributed by atoms with Crippen LogP contribution in [0.1, 0.15) is 93.6 Å². The summed E-state index contributed by atoms with van der Waals surface area (Å²) in [5, 5.41) is -0.874. The number of hydrogen-bond acceptors (Lipinski definition) is 2. The van der Waals surface area contributed by atoms with Gasteiger partial charge in [-0.15, -0.1) is 0 Å². The summed E-state index contributed by atoms with van der Waals surface area (Å²) < 4.78 is 78.8. The van der Waals surface area contributed by atoms with E-state index in [0.29, 0.717) is 11.1 Å². The molecule has 0 spiro atoms. The van der Waals surface area contributed by atoms with E-state index in [1.807, 2.05) is 26.0 Å². The average Bonchev–Trinajstić information content (AvgIpc) is 2.87. The van der Waals surface area contributed by atoms with Gasteiger partial charge in [0.2, 0.25) is 0 Å².